The fourth-order valence-corrected chi connectivity index (χ4v) is 1.94. The van der Waals surface area contributed by atoms with Gasteiger partial charge in [-0.25, -0.2) is 8.98 Å². The summed E-state index contributed by atoms with van der Waals surface area (Å²) >= 11 is 0. The van der Waals surface area contributed by atoms with Gasteiger partial charge in [0.2, 0.25) is 0 Å². The predicted molar refractivity (Wildman–Crippen MR) is 61.7 cm³/mol. The van der Waals surface area contributed by atoms with Crippen LogP contribution >= 0.6 is 0 Å². The second-order valence-corrected chi connectivity index (χ2v) is 5.25. The first-order chi connectivity index (χ1) is 7.47. The van der Waals surface area contributed by atoms with Gasteiger partial charge in [0.1, 0.15) is 11.2 Å². The van der Waals surface area contributed by atoms with Gasteiger partial charge in [0.25, 0.3) is 0 Å². The Labute approximate surface area is 102 Å². The summed E-state index contributed by atoms with van der Waals surface area (Å²) in [6.45, 7) is 9.27. The third kappa shape index (κ3) is 4.45. The van der Waals surface area contributed by atoms with Gasteiger partial charge in [-0.3, -0.25) is 4.55 Å². The smallest absolute Gasteiger partial charge is 0.398 e. The molecule has 0 radical (unpaired) electrons. The van der Waals surface area contributed by atoms with Gasteiger partial charge < -0.3 is 4.74 Å². The average molecular weight is 266 g/mol. The molecule has 1 unspecified atom stereocenters. The highest BCUT2D eigenvalue weighted by molar-refractivity contribution is 7.80. The van der Waals surface area contributed by atoms with Crippen molar-refractivity contribution in [3.8, 4) is 0 Å². The lowest BCUT2D eigenvalue weighted by Gasteiger charge is -2.40. The average Bonchev–Trinajstić information content (AvgIpc) is 2.13. The van der Waals surface area contributed by atoms with Gasteiger partial charge in [0.15, 0.2) is 0 Å². The topological polar surface area (TPSA) is 89.9 Å². The molecule has 0 aliphatic carbocycles. The molecule has 0 fully saturated rings. The minimum atomic E-state index is -4.63. The van der Waals surface area contributed by atoms with Crippen molar-refractivity contribution >= 4 is 16.4 Å². The summed E-state index contributed by atoms with van der Waals surface area (Å²) in [6, 6.07) is 0. The maximum atomic E-state index is 11.2. The number of hydrogen-bond donors (Lipinski definition) is 1. The van der Waals surface area contributed by atoms with E-state index in [0.717, 1.165) is 6.08 Å². The summed E-state index contributed by atoms with van der Waals surface area (Å²) in [6.07, 6.45) is 1.27. The molecule has 0 spiro atoms. The van der Waals surface area contributed by atoms with Crippen molar-refractivity contribution in [2.45, 2.75) is 45.3 Å². The maximum Gasteiger partial charge on any atom is 0.398 e. The molecule has 6 nitrogen and oxygen atoms in total. The first-order valence-electron chi connectivity index (χ1n) is 5.01. The van der Waals surface area contributed by atoms with Crippen molar-refractivity contribution in [3.63, 3.8) is 0 Å². The second kappa shape index (κ2) is 5.16. The second-order valence-electron chi connectivity index (χ2n) is 4.23. The van der Waals surface area contributed by atoms with Crippen LogP contribution in [0.1, 0.15) is 34.1 Å². The van der Waals surface area contributed by atoms with E-state index < -0.39 is 27.6 Å². The number of carbonyl (C=O) groups is 1. The molecule has 0 aromatic heterocycles. The Hall–Kier alpha value is -0.920. The van der Waals surface area contributed by atoms with E-state index in [9.17, 15) is 13.2 Å². The van der Waals surface area contributed by atoms with Crippen molar-refractivity contribution in [1.82, 2.24) is 0 Å². The maximum absolute atomic E-state index is 11.2. The number of esters is 1. The molecule has 0 saturated heterocycles. The first kappa shape index (κ1) is 16.1. The lowest BCUT2D eigenvalue weighted by atomic mass is 9.85. The van der Waals surface area contributed by atoms with Gasteiger partial charge in [-0.1, -0.05) is 13.5 Å². The van der Waals surface area contributed by atoms with Crippen molar-refractivity contribution in [2.24, 2.45) is 0 Å². The minimum absolute atomic E-state index is 0.301. The SMILES string of the molecule is C=CC(=O)OC(C)(CC)C(C)(C)OS(=O)(=O)O. The van der Waals surface area contributed by atoms with Crippen LogP contribution in [-0.2, 0) is 24.1 Å². The molecule has 0 aromatic carbocycles. The number of rotatable bonds is 6. The van der Waals surface area contributed by atoms with Crippen LogP contribution in [0.5, 0.6) is 0 Å². The van der Waals surface area contributed by atoms with Crippen molar-refractivity contribution in [3.05, 3.63) is 12.7 Å². The summed E-state index contributed by atoms with van der Waals surface area (Å²) in [7, 11) is -4.63. The summed E-state index contributed by atoms with van der Waals surface area (Å²) < 4.78 is 39.8. The van der Waals surface area contributed by atoms with E-state index in [1.165, 1.54) is 20.8 Å². The molecule has 17 heavy (non-hydrogen) atoms. The standard InChI is InChI=1S/C10H18O6S/c1-6-8(11)15-10(5,7-2)9(3,4)16-17(12,13)14/h6H,1,7H2,2-5H3,(H,12,13,14). The lowest BCUT2D eigenvalue weighted by molar-refractivity contribution is -0.175. The van der Waals surface area contributed by atoms with Crippen LogP contribution in [0.4, 0.5) is 0 Å². The molecule has 100 valence electrons. The minimum Gasteiger partial charge on any atom is -0.453 e. The van der Waals surface area contributed by atoms with E-state index in [4.69, 9.17) is 9.29 Å². The van der Waals surface area contributed by atoms with Crippen LogP contribution in [0.25, 0.3) is 0 Å². The molecule has 0 rings (SSSR count). The molecule has 1 atom stereocenters. The highest BCUT2D eigenvalue weighted by Gasteiger charge is 2.46. The van der Waals surface area contributed by atoms with Gasteiger partial charge in [-0.2, -0.15) is 8.42 Å². The molecule has 0 aliphatic rings. The molecule has 0 amide bonds. The Bertz CT molecular complexity index is 397. The fourth-order valence-electron chi connectivity index (χ4n) is 1.24. The highest BCUT2D eigenvalue weighted by atomic mass is 32.3. The van der Waals surface area contributed by atoms with Crippen LogP contribution in [-0.4, -0.2) is 30.1 Å². The number of ether oxygens (including phenoxy) is 1. The summed E-state index contributed by atoms with van der Waals surface area (Å²) in [5, 5.41) is 0. The molecule has 7 heteroatoms. The number of carbonyl (C=O) groups excluding carboxylic acids is 1. The summed E-state index contributed by atoms with van der Waals surface area (Å²) in [5.74, 6) is -0.693. The molecular weight excluding hydrogens is 248 g/mol. The Morgan fingerprint density at radius 2 is 1.88 bits per heavy atom. The van der Waals surface area contributed by atoms with Crippen LogP contribution < -0.4 is 0 Å². The zero-order chi connectivity index (χ0) is 13.9. The lowest BCUT2D eigenvalue weighted by Crippen LogP contribution is -2.53. The van der Waals surface area contributed by atoms with Crippen LogP contribution in [0, 0.1) is 0 Å². The van der Waals surface area contributed by atoms with Crippen molar-refractivity contribution < 1.29 is 26.7 Å². The fraction of sp³-hybridized carbons (Fsp3) is 0.700. The van der Waals surface area contributed by atoms with E-state index in [-0.39, 0.29) is 0 Å². The Kier molecular flexibility index (Phi) is 4.88. The summed E-state index contributed by atoms with van der Waals surface area (Å²) in [5.41, 5.74) is -2.62. The normalized spacial score (nSPS) is 16.1. The largest absolute Gasteiger partial charge is 0.453 e. The molecule has 0 aromatic rings. The van der Waals surface area contributed by atoms with E-state index in [0.29, 0.717) is 6.42 Å². The molecule has 0 heterocycles. The monoisotopic (exact) mass is 266 g/mol. The van der Waals surface area contributed by atoms with E-state index in [1.807, 2.05) is 0 Å². The predicted octanol–water partition coefficient (Wildman–Crippen LogP) is 1.48. The molecule has 0 saturated carbocycles. The van der Waals surface area contributed by atoms with Crippen LogP contribution in [0.2, 0.25) is 0 Å². The van der Waals surface area contributed by atoms with Gasteiger partial charge in [0, 0.05) is 6.08 Å². The van der Waals surface area contributed by atoms with E-state index in [1.54, 1.807) is 6.92 Å². The Morgan fingerprint density at radius 3 is 2.18 bits per heavy atom. The number of hydrogen-bond acceptors (Lipinski definition) is 5. The quantitative estimate of drug-likeness (QED) is 0.445. The first-order valence-corrected chi connectivity index (χ1v) is 6.37. The Morgan fingerprint density at radius 1 is 1.41 bits per heavy atom. The van der Waals surface area contributed by atoms with Gasteiger partial charge >= 0.3 is 16.4 Å². The van der Waals surface area contributed by atoms with Crippen molar-refractivity contribution in [1.29, 1.82) is 0 Å². The van der Waals surface area contributed by atoms with Crippen LogP contribution in [0.15, 0.2) is 12.7 Å². The third-order valence-electron chi connectivity index (χ3n) is 2.75. The molecule has 0 bridgehead atoms. The van der Waals surface area contributed by atoms with Gasteiger partial charge in [-0.15, -0.1) is 0 Å². The van der Waals surface area contributed by atoms with E-state index >= 15 is 0 Å². The molecule has 1 N–H and O–H groups in total. The van der Waals surface area contributed by atoms with Crippen molar-refractivity contribution in [2.75, 3.05) is 0 Å². The summed E-state index contributed by atoms with van der Waals surface area (Å²) in [4.78, 5) is 11.2. The van der Waals surface area contributed by atoms with Crippen LogP contribution in [0.3, 0.4) is 0 Å². The van der Waals surface area contributed by atoms with E-state index in [2.05, 4.69) is 10.8 Å². The van der Waals surface area contributed by atoms with Gasteiger partial charge in [0.05, 0.1) is 0 Å². The zero-order valence-electron chi connectivity index (χ0n) is 10.4. The highest BCUT2D eigenvalue weighted by Crippen LogP contribution is 2.33. The molecule has 0 aliphatic heterocycles. The Balaban J connectivity index is 5.20. The zero-order valence-corrected chi connectivity index (χ0v) is 11.2. The van der Waals surface area contributed by atoms with Gasteiger partial charge in [-0.05, 0) is 27.2 Å². The third-order valence-corrected chi connectivity index (χ3v) is 3.38. The molecular formula is C10H18O6S.